The molecular formula is C10H12N4. The van der Waals surface area contributed by atoms with E-state index in [0.717, 1.165) is 11.4 Å². The highest BCUT2D eigenvalue weighted by atomic mass is 15.8. The van der Waals surface area contributed by atoms with E-state index in [1.807, 2.05) is 50.5 Å². The minimum atomic E-state index is 0.969. The summed E-state index contributed by atoms with van der Waals surface area (Å²) in [6.45, 7) is 0. The highest BCUT2D eigenvalue weighted by molar-refractivity contribution is 5.51. The average Bonchev–Trinajstić information content (AvgIpc) is 2.51. The van der Waals surface area contributed by atoms with Crippen LogP contribution in [0.5, 0.6) is 0 Å². The molecule has 0 atom stereocenters. The summed E-state index contributed by atoms with van der Waals surface area (Å²) in [5.41, 5.74) is 1.15. The lowest BCUT2D eigenvalue weighted by Crippen LogP contribution is -2.15. The summed E-state index contributed by atoms with van der Waals surface area (Å²) >= 11 is 0. The fourth-order valence-electron chi connectivity index (χ4n) is 1.31. The van der Waals surface area contributed by atoms with Gasteiger partial charge < -0.3 is 0 Å². The van der Waals surface area contributed by atoms with Crippen molar-refractivity contribution in [2.24, 2.45) is 10.4 Å². The molecule has 1 aromatic carbocycles. The van der Waals surface area contributed by atoms with Crippen LogP contribution in [-0.2, 0) is 0 Å². The Labute approximate surface area is 83.1 Å². The molecule has 1 aromatic rings. The van der Waals surface area contributed by atoms with Crippen LogP contribution < -0.4 is 0 Å². The van der Waals surface area contributed by atoms with Gasteiger partial charge in [-0.1, -0.05) is 30.3 Å². The van der Waals surface area contributed by atoms with Crippen LogP contribution in [0.25, 0.3) is 6.08 Å². The van der Waals surface area contributed by atoms with Gasteiger partial charge in [0.2, 0.25) is 0 Å². The van der Waals surface area contributed by atoms with Crippen molar-refractivity contribution >= 4 is 6.08 Å². The van der Waals surface area contributed by atoms with Crippen molar-refractivity contribution in [3.63, 3.8) is 0 Å². The van der Waals surface area contributed by atoms with Crippen molar-refractivity contribution in [2.75, 3.05) is 14.1 Å². The van der Waals surface area contributed by atoms with E-state index in [2.05, 4.69) is 10.4 Å². The van der Waals surface area contributed by atoms with Crippen LogP contribution in [0.2, 0.25) is 0 Å². The summed E-state index contributed by atoms with van der Waals surface area (Å²) in [5, 5.41) is 11.3. The van der Waals surface area contributed by atoms with Crippen molar-refractivity contribution in [2.45, 2.75) is 0 Å². The number of hydrogen-bond acceptors (Lipinski definition) is 4. The fourth-order valence-corrected chi connectivity index (χ4v) is 1.31. The van der Waals surface area contributed by atoms with Gasteiger partial charge in [0.05, 0.1) is 0 Å². The minimum Gasteiger partial charge on any atom is -0.231 e. The molecule has 0 radical (unpaired) electrons. The largest absolute Gasteiger partial charge is 0.231 e. The molecule has 1 aliphatic heterocycles. The molecule has 0 aromatic heterocycles. The zero-order chi connectivity index (χ0) is 9.97. The molecule has 72 valence electrons. The van der Waals surface area contributed by atoms with E-state index < -0.39 is 0 Å². The highest BCUT2D eigenvalue weighted by Crippen LogP contribution is 2.18. The first-order valence-corrected chi connectivity index (χ1v) is 4.43. The van der Waals surface area contributed by atoms with Crippen molar-refractivity contribution in [3.8, 4) is 0 Å². The van der Waals surface area contributed by atoms with Crippen LogP contribution >= 0.6 is 0 Å². The van der Waals surface area contributed by atoms with Gasteiger partial charge in [0.15, 0.2) is 0 Å². The van der Waals surface area contributed by atoms with E-state index in [1.165, 1.54) is 0 Å². The second kappa shape index (κ2) is 3.49. The first-order chi connectivity index (χ1) is 6.77. The number of hydrogen-bond donors (Lipinski definition) is 0. The van der Waals surface area contributed by atoms with E-state index in [-0.39, 0.29) is 0 Å². The Balaban J connectivity index is 2.27. The maximum atomic E-state index is 3.91. The van der Waals surface area contributed by atoms with Gasteiger partial charge in [-0.2, -0.15) is 0 Å². The molecule has 1 aliphatic rings. The van der Waals surface area contributed by atoms with Gasteiger partial charge in [0.1, 0.15) is 5.82 Å². The molecular weight excluding hydrogens is 176 g/mol. The summed E-state index contributed by atoms with van der Waals surface area (Å²) < 4.78 is 0. The van der Waals surface area contributed by atoms with Crippen molar-refractivity contribution in [1.82, 2.24) is 10.0 Å². The van der Waals surface area contributed by atoms with Crippen LogP contribution in [0.1, 0.15) is 5.56 Å². The van der Waals surface area contributed by atoms with Crippen LogP contribution in [0.15, 0.2) is 46.6 Å². The lowest BCUT2D eigenvalue weighted by molar-refractivity contribution is 0.385. The standard InChI is InChI=1S/C10H12N4/c1-13-10(14(2)12-11-13)8-9-6-4-3-5-7-9/h3-8H,1-2H3. The molecule has 0 unspecified atom stereocenters. The van der Waals surface area contributed by atoms with Crippen LogP contribution in [-0.4, -0.2) is 24.1 Å². The van der Waals surface area contributed by atoms with E-state index >= 15 is 0 Å². The Kier molecular flexibility index (Phi) is 2.18. The first kappa shape index (κ1) is 8.74. The van der Waals surface area contributed by atoms with Gasteiger partial charge in [-0.3, -0.25) is 0 Å². The number of benzene rings is 1. The molecule has 0 amide bonds. The summed E-state index contributed by atoms with van der Waals surface area (Å²) in [7, 11) is 3.75. The van der Waals surface area contributed by atoms with E-state index in [9.17, 15) is 0 Å². The predicted molar refractivity (Wildman–Crippen MR) is 54.8 cm³/mol. The molecule has 14 heavy (non-hydrogen) atoms. The summed E-state index contributed by atoms with van der Waals surface area (Å²) in [6.07, 6.45) is 2.04. The third-order valence-corrected chi connectivity index (χ3v) is 2.07. The van der Waals surface area contributed by atoms with Crippen LogP contribution in [0, 0.1) is 0 Å². The highest BCUT2D eigenvalue weighted by Gasteiger charge is 2.14. The van der Waals surface area contributed by atoms with Crippen LogP contribution in [0.4, 0.5) is 0 Å². The molecule has 4 heteroatoms. The maximum absolute atomic E-state index is 3.91. The average molecular weight is 188 g/mol. The minimum absolute atomic E-state index is 0.969. The Hall–Kier alpha value is -1.84. The molecule has 0 saturated heterocycles. The van der Waals surface area contributed by atoms with Crippen molar-refractivity contribution < 1.29 is 0 Å². The smallest absolute Gasteiger partial charge is 0.148 e. The van der Waals surface area contributed by atoms with E-state index in [4.69, 9.17) is 0 Å². The van der Waals surface area contributed by atoms with E-state index in [0.29, 0.717) is 0 Å². The molecule has 0 fully saturated rings. The lowest BCUT2D eigenvalue weighted by Gasteiger charge is -2.12. The number of rotatable bonds is 1. The normalized spacial score (nSPS) is 15.1. The SMILES string of the molecule is CN1N=NN(C)C1=Cc1ccccc1. The number of nitrogens with zero attached hydrogens (tertiary/aromatic N) is 4. The second-order valence-corrected chi connectivity index (χ2v) is 3.14. The molecule has 0 bridgehead atoms. The van der Waals surface area contributed by atoms with Crippen molar-refractivity contribution in [3.05, 3.63) is 41.7 Å². The molecule has 4 nitrogen and oxygen atoms in total. The molecule has 2 rings (SSSR count). The maximum Gasteiger partial charge on any atom is 0.148 e. The van der Waals surface area contributed by atoms with Gasteiger partial charge in [0, 0.05) is 14.1 Å². The topological polar surface area (TPSA) is 31.2 Å². The molecule has 0 N–H and O–H groups in total. The third kappa shape index (κ3) is 1.59. The first-order valence-electron chi connectivity index (χ1n) is 4.43. The zero-order valence-corrected chi connectivity index (χ0v) is 8.25. The summed E-state index contributed by atoms with van der Waals surface area (Å²) in [5.74, 6) is 0.969. The summed E-state index contributed by atoms with van der Waals surface area (Å²) in [6, 6.07) is 10.1. The third-order valence-electron chi connectivity index (χ3n) is 2.07. The Morgan fingerprint density at radius 2 is 1.57 bits per heavy atom. The van der Waals surface area contributed by atoms with E-state index in [1.54, 1.807) is 10.0 Å². The van der Waals surface area contributed by atoms with Gasteiger partial charge >= 0.3 is 0 Å². The second-order valence-electron chi connectivity index (χ2n) is 3.14. The Morgan fingerprint density at radius 3 is 2.14 bits per heavy atom. The van der Waals surface area contributed by atoms with Gasteiger partial charge in [0.25, 0.3) is 0 Å². The molecule has 0 spiro atoms. The van der Waals surface area contributed by atoms with Gasteiger partial charge in [-0.05, 0) is 22.1 Å². The quantitative estimate of drug-likeness (QED) is 0.676. The predicted octanol–water partition coefficient (Wildman–Crippen LogP) is 2.14. The van der Waals surface area contributed by atoms with Gasteiger partial charge in [-0.25, -0.2) is 10.0 Å². The van der Waals surface area contributed by atoms with Crippen molar-refractivity contribution in [1.29, 1.82) is 0 Å². The van der Waals surface area contributed by atoms with Crippen LogP contribution in [0.3, 0.4) is 0 Å². The lowest BCUT2D eigenvalue weighted by atomic mass is 10.2. The Bertz CT molecular complexity index is 355. The fraction of sp³-hybridized carbons (Fsp3) is 0.200. The van der Waals surface area contributed by atoms with Gasteiger partial charge in [-0.15, -0.1) is 0 Å². The zero-order valence-electron chi connectivity index (χ0n) is 8.25. The Morgan fingerprint density at radius 1 is 1.00 bits per heavy atom. The molecule has 0 aliphatic carbocycles. The molecule has 0 saturated carbocycles. The monoisotopic (exact) mass is 188 g/mol. The molecule has 1 heterocycles. The summed E-state index contributed by atoms with van der Waals surface area (Å²) in [4.78, 5) is 0.